The number of nitrogens with zero attached hydrogens (tertiary/aromatic N) is 1. The van der Waals surface area contributed by atoms with Crippen molar-refractivity contribution in [2.75, 3.05) is 13.1 Å². The average Bonchev–Trinajstić information content (AvgIpc) is 3.27. The Bertz CT molecular complexity index is 1150. The summed E-state index contributed by atoms with van der Waals surface area (Å²) in [6.45, 7) is 3.43. The SMILES string of the molecule is O=C(NCc1ccccc1CN1CCCCC1)c1occc1CS(=O)(=O)c1ccccc1. The fraction of sp³-hybridized carbons (Fsp3) is 0.320. The number of sulfone groups is 1. The minimum atomic E-state index is -3.58. The normalized spacial score (nSPS) is 14.9. The highest BCUT2D eigenvalue weighted by atomic mass is 32.2. The van der Waals surface area contributed by atoms with Crippen molar-refractivity contribution in [3.63, 3.8) is 0 Å². The van der Waals surface area contributed by atoms with E-state index in [0.29, 0.717) is 12.1 Å². The van der Waals surface area contributed by atoms with Gasteiger partial charge in [-0.15, -0.1) is 0 Å². The summed E-state index contributed by atoms with van der Waals surface area (Å²) in [5.74, 6) is -0.666. The fourth-order valence-electron chi connectivity index (χ4n) is 4.06. The molecule has 7 heteroatoms. The van der Waals surface area contributed by atoms with Crippen LogP contribution in [0.25, 0.3) is 0 Å². The average molecular weight is 453 g/mol. The molecule has 1 aliphatic heterocycles. The van der Waals surface area contributed by atoms with Crippen molar-refractivity contribution in [1.82, 2.24) is 10.2 Å². The summed E-state index contributed by atoms with van der Waals surface area (Å²) in [6.07, 6.45) is 5.10. The second kappa shape index (κ2) is 10.1. The number of hydrogen-bond donors (Lipinski definition) is 1. The highest BCUT2D eigenvalue weighted by molar-refractivity contribution is 7.90. The number of carbonyl (C=O) groups excluding carboxylic acids is 1. The van der Waals surface area contributed by atoms with Crippen LogP contribution in [0.3, 0.4) is 0 Å². The molecule has 3 aromatic rings. The van der Waals surface area contributed by atoms with Gasteiger partial charge in [-0.3, -0.25) is 9.69 Å². The maximum Gasteiger partial charge on any atom is 0.287 e. The van der Waals surface area contributed by atoms with Gasteiger partial charge in [0.1, 0.15) is 0 Å². The first-order chi connectivity index (χ1) is 15.5. The lowest BCUT2D eigenvalue weighted by Gasteiger charge is -2.27. The number of hydrogen-bond acceptors (Lipinski definition) is 5. The van der Waals surface area contributed by atoms with Gasteiger partial charge in [0.05, 0.1) is 16.9 Å². The van der Waals surface area contributed by atoms with Crippen molar-refractivity contribution in [2.24, 2.45) is 0 Å². The molecule has 4 rings (SSSR count). The Balaban J connectivity index is 1.42. The lowest BCUT2D eigenvalue weighted by molar-refractivity contribution is 0.0922. The molecule has 2 aromatic carbocycles. The summed E-state index contributed by atoms with van der Waals surface area (Å²) in [5.41, 5.74) is 2.60. The van der Waals surface area contributed by atoms with Crippen LogP contribution in [0.15, 0.2) is 76.2 Å². The molecule has 0 aliphatic carbocycles. The van der Waals surface area contributed by atoms with Crippen LogP contribution < -0.4 is 5.32 Å². The van der Waals surface area contributed by atoms with Crippen molar-refractivity contribution in [3.05, 3.63) is 89.4 Å². The van der Waals surface area contributed by atoms with Gasteiger partial charge >= 0.3 is 0 Å². The third kappa shape index (κ3) is 5.47. The summed E-state index contributed by atoms with van der Waals surface area (Å²) in [5, 5.41) is 2.90. The van der Waals surface area contributed by atoms with Gasteiger partial charge in [-0.1, -0.05) is 48.9 Å². The predicted octanol–water partition coefficient (Wildman–Crippen LogP) is 4.17. The van der Waals surface area contributed by atoms with E-state index in [1.54, 1.807) is 36.4 Å². The van der Waals surface area contributed by atoms with Gasteiger partial charge in [0.2, 0.25) is 0 Å². The van der Waals surface area contributed by atoms with Crippen molar-refractivity contribution in [3.8, 4) is 0 Å². The van der Waals surface area contributed by atoms with Crippen LogP contribution in [0, 0.1) is 0 Å². The van der Waals surface area contributed by atoms with E-state index >= 15 is 0 Å². The molecule has 0 bridgehead atoms. The fourth-order valence-corrected chi connectivity index (χ4v) is 5.44. The van der Waals surface area contributed by atoms with Crippen LogP contribution in [-0.4, -0.2) is 32.3 Å². The highest BCUT2D eigenvalue weighted by Crippen LogP contribution is 2.21. The third-order valence-electron chi connectivity index (χ3n) is 5.80. The molecule has 1 aliphatic rings. The first-order valence-corrected chi connectivity index (χ1v) is 12.6. The molecule has 0 saturated carbocycles. The van der Waals surface area contributed by atoms with E-state index in [2.05, 4.69) is 16.3 Å². The van der Waals surface area contributed by atoms with Gasteiger partial charge in [0.25, 0.3) is 5.91 Å². The van der Waals surface area contributed by atoms with E-state index in [1.165, 1.54) is 31.1 Å². The number of furan rings is 1. The number of rotatable bonds is 8. The van der Waals surface area contributed by atoms with Crippen molar-refractivity contribution < 1.29 is 17.6 Å². The summed E-state index contributed by atoms with van der Waals surface area (Å²) >= 11 is 0. The minimum absolute atomic E-state index is 0.0398. The van der Waals surface area contributed by atoms with Gasteiger partial charge in [-0.25, -0.2) is 8.42 Å². The van der Waals surface area contributed by atoms with Crippen molar-refractivity contribution in [1.29, 1.82) is 0 Å². The zero-order valence-electron chi connectivity index (χ0n) is 18.0. The molecule has 1 amide bonds. The van der Waals surface area contributed by atoms with E-state index in [0.717, 1.165) is 25.2 Å². The second-order valence-electron chi connectivity index (χ2n) is 8.14. The Morgan fingerprint density at radius 1 is 0.875 bits per heavy atom. The van der Waals surface area contributed by atoms with Gasteiger partial charge in [-0.2, -0.15) is 0 Å². The Kier molecular flexibility index (Phi) is 7.07. The smallest absolute Gasteiger partial charge is 0.287 e. The van der Waals surface area contributed by atoms with E-state index in [-0.39, 0.29) is 16.4 Å². The quantitative estimate of drug-likeness (QED) is 0.555. The first-order valence-electron chi connectivity index (χ1n) is 10.9. The number of carbonyl (C=O) groups is 1. The highest BCUT2D eigenvalue weighted by Gasteiger charge is 2.22. The summed E-state index contributed by atoms with van der Waals surface area (Å²) in [6, 6.07) is 17.9. The maximum absolute atomic E-state index is 12.8. The van der Waals surface area contributed by atoms with Crippen LogP contribution in [0.4, 0.5) is 0 Å². The molecule has 168 valence electrons. The molecule has 0 radical (unpaired) electrons. The van der Waals surface area contributed by atoms with Crippen LogP contribution in [0.2, 0.25) is 0 Å². The van der Waals surface area contributed by atoms with Crippen LogP contribution in [-0.2, 0) is 28.7 Å². The zero-order chi connectivity index (χ0) is 22.4. The molecule has 1 N–H and O–H groups in total. The first kappa shape index (κ1) is 22.3. The summed E-state index contributed by atoms with van der Waals surface area (Å²) < 4.78 is 30.8. The topological polar surface area (TPSA) is 79.6 Å². The number of nitrogens with one attached hydrogen (secondary N) is 1. The van der Waals surface area contributed by atoms with Gasteiger partial charge in [0.15, 0.2) is 15.6 Å². The van der Waals surface area contributed by atoms with Gasteiger partial charge in [-0.05, 0) is 55.3 Å². The molecular weight excluding hydrogens is 424 g/mol. The van der Waals surface area contributed by atoms with Crippen LogP contribution >= 0.6 is 0 Å². The molecule has 1 aromatic heterocycles. The van der Waals surface area contributed by atoms with Crippen molar-refractivity contribution >= 4 is 15.7 Å². The Morgan fingerprint density at radius 3 is 2.31 bits per heavy atom. The van der Waals surface area contributed by atoms with E-state index in [9.17, 15) is 13.2 Å². The molecule has 2 heterocycles. The molecular formula is C25H28N2O4S. The number of piperidine rings is 1. The second-order valence-corrected chi connectivity index (χ2v) is 10.1. The molecule has 1 fully saturated rings. The summed E-state index contributed by atoms with van der Waals surface area (Å²) in [7, 11) is -3.58. The molecule has 0 unspecified atom stereocenters. The monoisotopic (exact) mass is 452 g/mol. The molecule has 1 saturated heterocycles. The predicted molar refractivity (Wildman–Crippen MR) is 123 cm³/mol. The lowest BCUT2D eigenvalue weighted by Crippen LogP contribution is -2.30. The molecule has 0 spiro atoms. The van der Waals surface area contributed by atoms with E-state index < -0.39 is 15.7 Å². The number of likely N-dealkylation sites (tertiary alicyclic amines) is 1. The van der Waals surface area contributed by atoms with Gasteiger partial charge in [0, 0.05) is 18.7 Å². The Hall–Kier alpha value is -2.90. The molecule has 6 nitrogen and oxygen atoms in total. The van der Waals surface area contributed by atoms with Gasteiger partial charge < -0.3 is 9.73 Å². The number of amides is 1. The van der Waals surface area contributed by atoms with Crippen LogP contribution in [0.5, 0.6) is 0 Å². The lowest BCUT2D eigenvalue weighted by atomic mass is 10.0. The molecule has 0 atom stereocenters. The molecule has 32 heavy (non-hydrogen) atoms. The number of benzene rings is 2. The standard InChI is InChI=1S/C25H28N2O4S/c28-25(24-22(13-16-31-24)19-32(29,30)23-11-3-1-4-12-23)26-17-20-9-5-6-10-21(20)18-27-14-7-2-8-15-27/h1,3-6,9-13,16H,2,7-8,14-15,17-19H2,(H,26,28). The van der Waals surface area contributed by atoms with E-state index in [4.69, 9.17) is 4.42 Å². The van der Waals surface area contributed by atoms with Crippen molar-refractivity contribution in [2.45, 2.75) is 43.0 Å². The minimum Gasteiger partial charge on any atom is -0.459 e. The Labute approximate surface area is 189 Å². The Morgan fingerprint density at radius 2 is 1.56 bits per heavy atom. The largest absolute Gasteiger partial charge is 0.459 e. The van der Waals surface area contributed by atoms with Crippen LogP contribution in [0.1, 0.15) is 46.5 Å². The summed E-state index contributed by atoms with van der Waals surface area (Å²) in [4.78, 5) is 15.5. The maximum atomic E-state index is 12.8. The zero-order valence-corrected chi connectivity index (χ0v) is 18.8. The third-order valence-corrected chi connectivity index (χ3v) is 7.48. The van der Waals surface area contributed by atoms with E-state index in [1.807, 2.05) is 18.2 Å².